The van der Waals surface area contributed by atoms with Crippen LogP contribution in [0.4, 0.5) is 5.69 Å². The third kappa shape index (κ3) is 5.15. The number of benzene rings is 1. The normalized spacial score (nSPS) is 9.86. The van der Waals surface area contributed by atoms with E-state index in [2.05, 4.69) is 16.2 Å². The summed E-state index contributed by atoms with van der Waals surface area (Å²) in [5.41, 5.74) is 4.75. The molecule has 0 unspecified atom stereocenters. The molecule has 1 aromatic carbocycles. The highest BCUT2D eigenvalue weighted by molar-refractivity contribution is 7.80. The van der Waals surface area contributed by atoms with Gasteiger partial charge in [-0.25, -0.2) is 0 Å². The molecular formula is C12H14N4O4S. The van der Waals surface area contributed by atoms with Crippen LogP contribution in [0.5, 0.6) is 0 Å². The van der Waals surface area contributed by atoms with E-state index in [1.807, 2.05) is 0 Å². The number of thiocarbonyl (C=S) groups is 1. The summed E-state index contributed by atoms with van der Waals surface area (Å²) in [7, 11) is 0. The number of nitro benzene ring substituents is 1. The number of nitrogens with zero attached hydrogens (tertiary/aromatic N) is 1. The maximum Gasteiger partial charge on any atom is 0.269 e. The van der Waals surface area contributed by atoms with Crippen molar-refractivity contribution in [1.29, 1.82) is 0 Å². The minimum Gasteiger partial charge on any atom is -0.302 e. The largest absolute Gasteiger partial charge is 0.302 e. The second-order valence-corrected chi connectivity index (χ2v) is 4.76. The molecule has 9 heteroatoms. The molecule has 0 fully saturated rings. The molecule has 0 radical (unpaired) electrons. The van der Waals surface area contributed by atoms with Crippen LogP contribution in [0.3, 0.4) is 0 Å². The van der Waals surface area contributed by atoms with Crippen LogP contribution >= 0.6 is 12.2 Å². The highest BCUT2D eigenvalue weighted by atomic mass is 32.1. The molecule has 0 spiro atoms. The lowest BCUT2D eigenvalue weighted by Crippen LogP contribution is -2.49. The van der Waals surface area contributed by atoms with Crippen LogP contribution in [-0.2, 0) is 4.79 Å². The smallest absolute Gasteiger partial charge is 0.269 e. The van der Waals surface area contributed by atoms with Crippen LogP contribution in [-0.4, -0.2) is 21.9 Å². The average molecular weight is 310 g/mol. The molecule has 0 aliphatic rings. The van der Waals surface area contributed by atoms with Gasteiger partial charge in [-0.3, -0.25) is 30.6 Å². The molecule has 0 saturated heterocycles. The number of nitrogens with one attached hydrogen (secondary N) is 3. The Bertz CT molecular complexity index is 571. The Morgan fingerprint density at radius 3 is 2.24 bits per heavy atom. The van der Waals surface area contributed by atoms with E-state index in [0.29, 0.717) is 0 Å². The molecule has 3 N–H and O–H groups in total. The molecule has 2 amide bonds. The lowest BCUT2D eigenvalue weighted by Gasteiger charge is -2.11. The monoisotopic (exact) mass is 310 g/mol. The number of nitro groups is 1. The zero-order valence-corrected chi connectivity index (χ0v) is 12.2. The van der Waals surface area contributed by atoms with Crippen LogP contribution in [0.2, 0.25) is 0 Å². The molecule has 1 rings (SSSR count). The zero-order chi connectivity index (χ0) is 16.0. The minimum atomic E-state index is -0.559. The molecule has 0 atom stereocenters. The van der Waals surface area contributed by atoms with Gasteiger partial charge >= 0.3 is 0 Å². The van der Waals surface area contributed by atoms with Gasteiger partial charge in [-0.2, -0.15) is 0 Å². The van der Waals surface area contributed by atoms with E-state index in [1.165, 1.54) is 24.3 Å². The summed E-state index contributed by atoms with van der Waals surface area (Å²) >= 11 is 4.83. The van der Waals surface area contributed by atoms with Crippen LogP contribution in [0.1, 0.15) is 24.2 Å². The van der Waals surface area contributed by atoms with Crippen molar-refractivity contribution in [2.24, 2.45) is 5.92 Å². The average Bonchev–Trinajstić information content (AvgIpc) is 2.44. The number of carbonyl (C=O) groups is 2. The number of rotatable bonds is 3. The highest BCUT2D eigenvalue weighted by Crippen LogP contribution is 2.11. The second kappa shape index (κ2) is 7.29. The first kappa shape index (κ1) is 16.5. The van der Waals surface area contributed by atoms with Crippen molar-refractivity contribution in [3.8, 4) is 0 Å². The third-order valence-electron chi connectivity index (χ3n) is 2.39. The summed E-state index contributed by atoms with van der Waals surface area (Å²) in [5.74, 6) is -1.06. The van der Waals surface area contributed by atoms with Gasteiger partial charge in [0.1, 0.15) is 0 Å². The van der Waals surface area contributed by atoms with E-state index in [1.54, 1.807) is 13.8 Å². The van der Waals surface area contributed by atoms with Gasteiger partial charge in [-0.15, -0.1) is 0 Å². The number of hydrogen-bond donors (Lipinski definition) is 3. The van der Waals surface area contributed by atoms with Gasteiger partial charge in [0.15, 0.2) is 5.11 Å². The summed E-state index contributed by atoms with van der Waals surface area (Å²) < 4.78 is 0. The summed E-state index contributed by atoms with van der Waals surface area (Å²) in [6, 6.07) is 5.05. The van der Waals surface area contributed by atoms with E-state index >= 15 is 0 Å². The Kier molecular flexibility index (Phi) is 5.73. The lowest BCUT2D eigenvalue weighted by molar-refractivity contribution is -0.384. The second-order valence-electron chi connectivity index (χ2n) is 4.36. The van der Waals surface area contributed by atoms with Gasteiger partial charge in [-0.05, 0) is 24.4 Å². The number of hydrogen-bond acceptors (Lipinski definition) is 5. The van der Waals surface area contributed by atoms with E-state index in [9.17, 15) is 19.7 Å². The van der Waals surface area contributed by atoms with Crippen molar-refractivity contribution in [3.63, 3.8) is 0 Å². The molecule has 8 nitrogen and oxygen atoms in total. The SMILES string of the molecule is CC(C)C(=O)NC(=S)NNC(=O)c1ccc([N+](=O)[O-])cc1. The number of carbonyl (C=O) groups excluding carboxylic acids is 2. The molecule has 0 heterocycles. The van der Waals surface area contributed by atoms with Crippen LogP contribution in [0.15, 0.2) is 24.3 Å². The quantitative estimate of drug-likeness (QED) is 0.434. The Labute approximate surface area is 126 Å². The van der Waals surface area contributed by atoms with Crippen molar-refractivity contribution in [3.05, 3.63) is 39.9 Å². The Morgan fingerprint density at radius 2 is 1.76 bits per heavy atom. The van der Waals surface area contributed by atoms with E-state index in [4.69, 9.17) is 12.2 Å². The standard InChI is InChI=1S/C12H14N4O4S/c1-7(2)10(17)13-12(21)15-14-11(18)8-3-5-9(6-4-8)16(19)20/h3-7H,1-2H3,(H,14,18)(H2,13,15,17,21). The predicted octanol–water partition coefficient (Wildman–Crippen LogP) is 0.886. The van der Waals surface area contributed by atoms with E-state index < -0.39 is 10.8 Å². The van der Waals surface area contributed by atoms with Gasteiger partial charge in [-0.1, -0.05) is 13.8 Å². The highest BCUT2D eigenvalue weighted by Gasteiger charge is 2.11. The fraction of sp³-hybridized carbons (Fsp3) is 0.250. The molecule has 0 saturated carbocycles. The van der Waals surface area contributed by atoms with Crippen molar-refractivity contribution in [1.82, 2.24) is 16.2 Å². The first-order valence-corrected chi connectivity index (χ1v) is 6.37. The molecule has 0 aliphatic heterocycles. The van der Waals surface area contributed by atoms with Crippen LogP contribution < -0.4 is 16.2 Å². The predicted molar refractivity (Wildman–Crippen MR) is 79.3 cm³/mol. The van der Waals surface area contributed by atoms with Crippen molar-refractivity contribution < 1.29 is 14.5 Å². The Balaban J connectivity index is 2.52. The maximum atomic E-state index is 11.7. The van der Waals surface area contributed by atoms with Gasteiger partial charge in [0.05, 0.1) is 4.92 Å². The molecule has 112 valence electrons. The Morgan fingerprint density at radius 1 is 1.19 bits per heavy atom. The zero-order valence-electron chi connectivity index (χ0n) is 11.4. The minimum absolute atomic E-state index is 0.0380. The summed E-state index contributed by atoms with van der Waals surface area (Å²) in [4.78, 5) is 33.0. The fourth-order valence-corrected chi connectivity index (χ4v) is 1.36. The number of non-ortho nitro benzene ring substituents is 1. The van der Waals surface area contributed by atoms with E-state index in [0.717, 1.165) is 0 Å². The molecular weight excluding hydrogens is 296 g/mol. The summed E-state index contributed by atoms with van der Waals surface area (Å²) in [5, 5.41) is 12.8. The molecule has 0 bridgehead atoms. The summed E-state index contributed by atoms with van der Waals surface area (Å²) in [6.07, 6.45) is 0. The first-order chi connectivity index (χ1) is 9.81. The van der Waals surface area contributed by atoms with Gasteiger partial charge in [0, 0.05) is 23.6 Å². The first-order valence-electron chi connectivity index (χ1n) is 5.97. The van der Waals surface area contributed by atoms with Gasteiger partial charge in [0.2, 0.25) is 5.91 Å². The topological polar surface area (TPSA) is 113 Å². The summed E-state index contributed by atoms with van der Waals surface area (Å²) in [6.45, 7) is 3.40. The van der Waals surface area contributed by atoms with E-state index in [-0.39, 0.29) is 28.2 Å². The fourth-order valence-electron chi connectivity index (χ4n) is 1.21. The van der Waals surface area contributed by atoms with Crippen molar-refractivity contribution in [2.75, 3.05) is 0 Å². The maximum absolute atomic E-state index is 11.7. The molecule has 0 aliphatic carbocycles. The van der Waals surface area contributed by atoms with Gasteiger partial charge in [0.25, 0.3) is 11.6 Å². The Hall–Kier alpha value is -2.55. The van der Waals surface area contributed by atoms with Crippen molar-refractivity contribution in [2.45, 2.75) is 13.8 Å². The lowest BCUT2D eigenvalue weighted by atomic mass is 10.2. The van der Waals surface area contributed by atoms with Crippen molar-refractivity contribution >= 4 is 34.8 Å². The van der Waals surface area contributed by atoms with Crippen LogP contribution in [0, 0.1) is 16.0 Å². The molecule has 0 aromatic heterocycles. The number of amides is 2. The number of hydrazine groups is 1. The third-order valence-corrected chi connectivity index (χ3v) is 2.60. The van der Waals surface area contributed by atoms with Crippen LogP contribution in [0.25, 0.3) is 0 Å². The molecule has 21 heavy (non-hydrogen) atoms. The molecule has 1 aromatic rings. The van der Waals surface area contributed by atoms with Gasteiger partial charge < -0.3 is 5.32 Å².